The van der Waals surface area contributed by atoms with Gasteiger partial charge >= 0.3 is 17.1 Å². The molecule has 5 heteroatoms. The van der Waals surface area contributed by atoms with Crippen LogP contribution in [0.4, 0.5) is 5.69 Å². The third kappa shape index (κ3) is 14.9. The minimum Gasteiger partial charge on any atom is -0.406 e. The zero-order chi connectivity index (χ0) is 33.7. The van der Waals surface area contributed by atoms with Crippen molar-refractivity contribution in [2.75, 3.05) is 5.73 Å². The van der Waals surface area contributed by atoms with E-state index in [2.05, 4.69) is 65.8 Å². The van der Waals surface area contributed by atoms with Gasteiger partial charge in [0.1, 0.15) is 0 Å². The van der Waals surface area contributed by atoms with E-state index in [4.69, 9.17) is 5.73 Å². The second-order valence-electron chi connectivity index (χ2n) is 15.5. The third-order valence-corrected chi connectivity index (χ3v) is 14.8. The van der Waals surface area contributed by atoms with Crippen molar-refractivity contribution < 1.29 is 37.5 Å². The van der Waals surface area contributed by atoms with Crippen molar-refractivity contribution in [1.29, 1.82) is 0 Å². The van der Waals surface area contributed by atoms with Crippen LogP contribution < -0.4 is 11.0 Å². The van der Waals surface area contributed by atoms with Gasteiger partial charge in [0.2, 0.25) is 0 Å². The summed E-state index contributed by atoms with van der Waals surface area (Å²) in [4.78, 5) is 0. The summed E-state index contributed by atoms with van der Waals surface area (Å²) in [6, 6.07) is 36.3. The number of nitrogen functional groups attached to an aromatic ring is 1. The van der Waals surface area contributed by atoms with Crippen molar-refractivity contribution in [2.45, 2.75) is 140 Å². The van der Waals surface area contributed by atoms with Gasteiger partial charge in [0.25, 0.3) is 0 Å². The minimum atomic E-state index is 0. The number of benzene rings is 2. The van der Waals surface area contributed by atoms with Gasteiger partial charge in [-0.3, -0.25) is 0 Å². The second-order valence-corrected chi connectivity index (χ2v) is 21.4. The summed E-state index contributed by atoms with van der Waals surface area (Å²) in [6.07, 6.45) is 16.3. The van der Waals surface area contributed by atoms with E-state index in [1.807, 2.05) is 84.2 Å². The summed E-state index contributed by atoms with van der Waals surface area (Å²) in [6.45, 7) is 14.8. The average Bonchev–Trinajstić information content (AvgIpc) is 3.79. The van der Waals surface area contributed by atoms with E-state index < -0.39 is 0 Å². The van der Waals surface area contributed by atoms with E-state index in [1.165, 1.54) is 70.6 Å². The van der Waals surface area contributed by atoms with Crippen molar-refractivity contribution in [3.63, 3.8) is 0 Å². The summed E-state index contributed by atoms with van der Waals surface area (Å²) in [5.41, 5.74) is 12.5. The Morgan fingerprint density at radius 2 is 1.39 bits per heavy atom. The Morgan fingerprint density at radius 1 is 0.816 bits per heavy atom. The molecule has 0 amide bonds. The number of anilines is 1. The fourth-order valence-corrected chi connectivity index (χ4v) is 14.6. The Balaban J connectivity index is 0.000000342. The normalized spacial score (nSPS) is 16.5. The summed E-state index contributed by atoms with van der Waals surface area (Å²) < 4.78 is 0. The van der Waals surface area contributed by atoms with Crippen LogP contribution in [-0.2, 0) is 37.5 Å². The first-order valence-electron chi connectivity index (χ1n) is 18.4. The van der Waals surface area contributed by atoms with Gasteiger partial charge in [-0.1, -0.05) is 118 Å². The van der Waals surface area contributed by atoms with E-state index >= 15 is 0 Å². The predicted molar refractivity (Wildman–Crippen MR) is 215 cm³/mol. The molecular weight excluding hydrogens is 767 g/mol. The topological polar surface area (TPSA) is 26.0 Å². The van der Waals surface area contributed by atoms with Gasteiger partial charge in [-0.05, 0) is 65.5 Å². The molecule has 2 aliphatic carbocycles. The van der Waals surface area contributed by atoms with Crippen LogP contribution in [0.1, 0.15) is 124 Å². The molecule has 0 aliphatic heterocycles. The average molecular weight is 829 g/mol. The van der Waals surface area contributed by atoms with Gasteiger partial charge in [0.15, 0.2) is 0 Å². The summed E-state index contributed by atoms with van der Waals surface area (Å²) >= 11 is 0. The maximum atomic E-state index is 5.83. The molecule has 6 rings (SSSR count). The molecule has 0 saturated heterocycles. The van der Waals surface area contributed by atoms with E-state index in [9.17, 15) is 0 Å². The van der Waals surface area contributed by atoms with Crippen molar-refractivity contribution in [1.82, 2.24) is 0 Å². The fourth-order valence-electron chi connectivity index (χ4n) is 8.05. The Bertz CT molecular complexity index is 1360. The summed E-state index contributed by atoms with van der Waals surface area (Å²) in [5.74, 6) is 0.696. The molecular formula is C44H62FeNP2Pd-. The minimum absolute atomic E-state index is 0. The first-order valence-corrected chi connectivity index (χ1v) is 20.8. The van der Waals surface area contributed by atoms with Crippen LogP contribution in [-0.4, -0.2) is 21.6 Å². The first kappa shape index (κ1) is 44.1. The van der Waals surface area contributed by atoms with E-state index in [-0.39, 0.29) is 45.4 Å². The summed E-state index contributed by atoms with van der Waals surface area (Å²) in [5, 5.41) is 2.71. The third-order valence-electron chi connectivity index (χ3n) is 9.62. The van der Waals surface area contributed by atoms with Gasteiger partial charge in [-0.25, -0.2) is 24.3 Å². The maximum absolute atomic E-state index is 5.83. The number of rotatable bonds is 8. The molecule has 4 aromatic rings. The SMILES string of the molecule is CC(CC(C)(C)PC(C)(C)C)[c-]1cccc1P(C1CCCCC1)C1CCCCC1.Nc1ccccc1-c1[c-]cccc1.[Fe+2].[Pd].c1cc[cH-]c1. The zero-order valence-electron chi connectivity index (χ0n) is 30.9. The van der Waals surface area contributed by atoms with Gasteiger partial charge in [0, 0.05) is 20.4 Å². The molecule has 4 aromatic carbocycles. The van der Waals surface area contributed by atoms with E-state index in [1.54, 1.807) is 5.56 Å². The smallest absolute Gasteiger partial charge is 0.406 e. The Kier molecular flexibility index (Phi) is 19.9. The largest absolute Gasteiger partial charge is 2.00 e. The molecule has 0 heterocycles. The molecule has 0 aromatic heterocycles. The van der Waals surface area contributed by atoms with Gasteiger partial charge in [0.05, 0.1) is 0 Å². The molecule has 2 fully saturated rings. The molecule has 49 heavy (non-hydrogen) atoms. The van der Waals surface area contributed by atoms with E-state index in [0.717, 1.165) is 36.7 Å². The van der Waals surface area contributed by atoms with Crippen LogP contribution in [0.2, 0.25) is 0 Å². The molecule has 0 bridgehead atoms. The van der Waals surface area contributed by atoms with E-state index in [0.29, 0.717) is 16.2 Å². The molecule has 0 radical (unpaired) electrons. The van der Waals surface area contributed by atoms with Crippen LogP contribution in [0.5, 0.6) is 0 Å². The van der Waals surface area contributed by atoms with Crippen LogP contribution in [0, 0.1) is 6.07 Å². The van der Waals surface area contributed by atoms with Crippen molar-refractivity contribution in [2.24, 2.45) is 0 Å². The fraction of sp³-hybridized carbons (Fsp3) is 0.500. The Labute approximate surface area is 328 Å². The van der Waals surface area contributed by atoms with Crippen LogP contribution >= 0.6 is 16.5 Å². The number of hydrogen-bond acceptors (Lipinski definition) is 1. The molecule has 2 atom stereocenters. The molecule has 2 N–H and O–H groups in total. The van der Waals surface area contributed by atoms with Crippen molar-refractivity contribution >= 4 is 27.5 Å². The monoisotopic (exact) mass is 828 g/mol. The molecule has 1 nitrogen and oxygen atoms in total. The number of hydrogen-bond donors (Lipinski definition) is 1. The van der Waals surface area contributed by atoms with Crippen LogP contribution in [0.15, 0.2) is 97.1 Å². The van der Waals surface area contributed by atoms with Crippen LogP contribution in [0.25, 0.3) is 11.1 Å². The quantitative estimate of drug-likeness (QED) is 0.0814. The standard InChI is InChI=1S/C27H47P2.C12H10N.C5H5.Fe.Pd/c1-21(20-27(5,6)28-26(2,3)4)24-18-13-19-25(24)29(22-14-9-7-10-15-22)23-16-11-8-12-17-23;13-12-9-5-4-8-11(12)10-6-2-1-3-7-10;1-2-4-5-3-1;;/h13,18-19,21-23,28H,7-12,14-17,20H2,1-6H3;1-6,8-9H,13H2;1-5H;;/q3*-1;+2;. The predicted octanol–water partition coefficient (Wildman–Crippen LogP) is 13.1. The van der Waals surface area contributed by atoms with Gasteiger partial charge < -0.3 is 5.73 Å². The molecule has 2 aliphatic rings. The molecule has 2 saturated carbocycles. The van der Waals surface area contributed by atoms with Crippen molar-refractivity contribution in [3.8, 4) is 11.1 Å². The first-order chi connectivity index (χ1) is 22.5. The molecule has 0 spiro atoms. The van der Waals surface area contributed by atoms with Crippen LogP contribution in [0.3, 0.4) is 0 Å². The maximum Gasteiger partial charge on any atom is 2.00 e. The van der Waals surface area contributed by atoms with Crippen molar-refractivity contribution in [3.05, 3.63) is 109 Å². The second kappa shape index (κ2) is 22.1. The summed E-state index contributed by atoms with van der Waals surface area (Å²) in [7, 11) is 1.05. The number of nitrogens with two attached hydrogens (primary N) is 1. The number of para-hydroxylation sites is 1. The zero-order valence-corrected chi connectivity index (χ0v) is 35.5. The van der Waals surface area contributed by atoms with Gasteiger partial charge in [-0.15, -0.1) is 55.3 Å². The Morgan fingerprint density at radius 3 is 1.88 bits per heavy atom. The molecule has 2 unspecified atom stereocenters. The molecule has 272 valence electrons. The van der Waals surface area contributed by atoms with Gasteiger partial charge in [-0.2, -0.15) is 24.3 Å². The Hall–Kier alpha value is -1.02.